The molecule has 0 aromatic heterocycles. The number of nitrogens with two attached hydrogens (primary N) is 1. The van der Waals surface area contributed by atoms with Gasteiger partial charge in [0.1, 0.15) is 5.84 Å². The van der Waals surface area contributed by atoms with Gasteiger partial charge in [-0.25, -0.2) is 0 Å². The second-order valence-electron chi connectivity index (χ2n) is 1.28. The summed E-state index contributed by atoms with van der Waals surface area (Å²) in [5, 5.41) is 13.4. The molecule has 0 heterocycles. The lowest BCUT2D eigenvalue weighted by Gasteiger charge is -1.80. The lowest BCUT2D eigenvalue weighted by molar-refractivity contribution is 0.415. The average Bonchev–Trinajstić information content (AvgIpc) is 1.27. The molecule has 0 amide bonds. The van der Waals surface area contributed by atoms with Gasteiger partial charge in [0.2, 0.25) is 5.76 Å². The Labute approximate surface area is 42.0 Å². The Morgan fingerprint density at radius 3 is 2.29 bits per heavy atom. The van der Waals surface area contributed by atoms with Gasteiger partial charge in [0.15, 0.2) is 0 Å². The third kappa shape index (κ3) is 5.01. The van der Waals surface area contributed by atoms with E-state index in [1.807, 2.05) is 0 Å². The van der Waals surface area contributed by atoms with Gasteiger partial charge < -0.3 is 10.8 Å². The molecular weight excluding hydrogens is 92.1 g/mol. The van der Waals surface area contributed by atoms with Gasteiger partial charge in [-0.1, -0.05) is 0 Å². The largest absolute Gasteiger partial charge is 0.597 e. The molecule has 0 bridgehead atoms. The van der Waals surface area contributed by atoms with Crippen LogP contribution in [-0.2, 0) is 0 Å². The molecule has 0 aliphatic heterocycles. The third-order valence-corrected chi connectivity index (χ3v) is 0.372. The van der Waals surface area contributed by atoms with Gasteiger partial charge in [0, 0.05) is 6.92 Å². The van der Waals surface area contributed by atoms with Crippen molar-refractivity contribution in [2.24, 2.45) is 5.73 Å². The second-order valence-corrected chi connectivity index (χ2v) is 1.28. The molecule has 0 unspecified atom stereocenters. The Bertz CT molecular complexity index is 102. The van der Waals surface area contributed by atoms with Gasteiger partial charge in [0.05, 0.1) is 6.08 Å². The Kier molecular flexibility index (Phi) is 1.91. The molecule has 5 N–H and O–H groups in total. The van der Waals surface area contributed by atoms with Crippen molar-refractivity contribution in [2.45, 2.75) is 6.92 Å². The van der Waals surface area contributed by atoms with E-state index < -0.39 is 0 Å². The van der Waals surface area contributed by atoms with Crippen molar-refractivity contribution in [2.75, 3.05) is 0 Å². The molecule has 0 rings (SSSR count). The van der Waals surface area contributed by atoms with Crippen molar-refractivity contribution < 1.29 is 5.11 Å². The highest BCUT2D eigenvalue weighted by atomic mass is 16.3. The van der Waals surface area contributed by atoms with Crippen molar-refractivity contribution >= 4 is 5.84 Å². The second kappa shape index (κ2) is 2.23. The summed E-state index contributed by atoms with van der Waals surface area (Å²) in [7, 11) is 0. The van der Waals surface area contributed by atoms with E-state index >= 15 is 0 Å². The number of amidine groups is 1. The van der Waals surface area contributed by atoms with Crippen molar-refractivity contribution in [1.82, 2.24) is 0 Å². The maximum Gasteiger partial charge on any atom is 0.229 e. The van der Waals surface area contributed by atoms with E-state index in [-0.39, 0.29) is 5.84 Å². The van der Waals surface area contributed by atoms with E-state index in [1.165, 1.54) is 6.08 Å². The Balaban J connectivity index is 3.68. The van der Waals surface area contributed by atoms with Gasteiger partial charge in [-0.3, -0.25) is 5.41 Å². The summed E-state index contributed by atoms with van der Waals surface area (Å²) in [4.78, 5) is 0. The third-order valence-electron chi connectivity index (χ3n) is 0.372. The zero-order chi connectivity index (χ0) is 5.86. The van der Waals surface area contributed by atoms with E-state index in [4.69, 9.17) is 16.2 Å². The van der Waals surface area contributed by atoms with Crippen molar-refractivity contribution in [3.05, 3.63) is 11.8 Å². The monoisotopic (exact) mass is 101 g/mol. The Hall–Kier alpha value is -0.990. The van der Waals surface area contributed by atoms with Crippen LogP contribution in [0, 0.1) is 5.41 Å². The summed E-state index contributed by atoms with van der Waals surface area (Å²) in [6, 6.07) is 0. The van der Waals surface area contributed by atoms with Gasteiger partial charge in [-0.2, -0.15) is 0 Å². The van der Waals surface area contributed by atoms with Crippen LogP contribution in [0.3, 0.4) is 0 Å². The highest BCUT2D eigenvalue weighted by Crippen LogP contribution is 1.79. The van der Waals surface area contributed by atoms with Crippen LogP contribution >= 0.6 is 0 Å². The summed E-state index contributed by atoms with van der Waals surface area (Å²) in [6.07, 6.45) is 1.28. The molecule has 0 aromatic rings. The first-order valence-electron chi connectivity index (χ1n) is 1.87. The highest BCUT2D eigenvalue weighted by Gasteiger charge is 1.84. The fourth-order valence-corrected chi connectivity index (χ4v) is 0.233. The quantitative estimate of drug-likeness (QED) is 0.200. The molecule has 0 radical (unpaired) electrons. The molecule has 40 valence electrons. The Morgan fingerprint density at radius 1 is 1.86 bits per heavy atom. The Morgan fingerprint density at radius 2 is 2.29 bits per heavy atom. The zero-order valence-electron chi connectivity index (χ0n) is 4.15. The van der Waals surface area contributed by atoms with Crippen LogP contribution in [0.25, 0.3) is 0 Å². The van der Waals surface area contributed by atoms with Gasteiger partial charge in [-0.15, -0.1) is 0 Å². The summed E-state index contributed by atoms with van der Waals surface area (Å²) < 4.78 is 0. The normalized spacial score (nSPS) is 11.3. The smallest absolute Gasteiger partial charge is 0.229 e. The summed E-state index contributed by atoms with van der Waals surface area (Å²) in [5.41, 5.74) is 4.88. The number of hydrogen-bond donors (Lipinski definition) is 2. The lowest BCUT2D eigenvalue weighted by atomic mass is 10.5. The van der Waals surface area contributed by atoms with Crippen LogP contribution < -0.4 is 5.73 Å². The van der Waals surface area contributed by atoms with Crippen LogP contribution in [0.1, 0.15) is 6.92 Å². The van der Waals surface area contributed by atoms with E-state index in [2.05, 4.69) is 0 Å². The first-order chi connectivity index (χ1) is 3.13. The number of allylic oxidation sites excluding steroid dienone is 1. The van der Waals surface area contributed by atoms with Crippen LogP contribution in [0.5, 0.6) is 0 Å². The number of hydrogen-bond acceptors (Lipinski definition) is 1. The molecule has 0 atom stereocenters. The predicted octanol–water partition coefficient (Wildman–Crippen LogP) is -0.449. The molecule has 0 aromatic carbocycles. The maximum absolute atomic E-state index is 6.75. The van der Waals surface area contributed by atoms with Gasteiger partial charge >= 0.3 is 0 Å². The molecule has 0 aliphatic carbocycles. The molecule has 7 heavy (non-hydrogen) atoms. The van der Waals surface area contributed by atoms with E-state index in [0.29, 0.717) is 5.76 Å². The molecule has 0 saturated carbocycles. The lowest BCUT2D eigenvalue weighted by Crippen LogP contribution is -2.05. The van der Waals surface area contributed by atoms with Crippen molar-refractivity contribution in [3.63, 3.8) is 0 Å². The van der Waals surface area contributed by atoms with Crippen LogP contribution in [0.15, 0.2) is 11.8 Å². The van der Waals surface area contributed by atoms with Crippen LogP contribution in [-0.4, -0.2) is 10.9 Å². The predicted molar refractivity (Wildman–Crippen MR) is 29.3 cm³/mol. The number of rotatable bonds is 1. The maximum atomic E-state index is 6.75. The SMILES string of the molecule is C/C([OH2+])=C/C(=N)N. The average molecular weight is 101 g/mol. The molecule has 3 nitrogen and oxygen atoms in total. The zero-order valence-corrected chi connectivity index (χ0v) is 4.15. The minimum atomic E-state index is -0.0625. The molecule has 0 fully saturated rings. The first-order valence-corrected chi connectivity index (χ1v) is 1.87. The highest BCUT2D eigenvalue weighted by molar-refractivity contribution is 5.88. The van der Waals surface area contributed by atoms with Gasteiger partial charge in [0.25, 0.3) is 0 Å². The summed E-state index contributed by atoms with van der Waals surface area (Å²) >= 11 is 0. The van der Waals surface area contributed by atoms with Gasteiger partial charge in [-0.05, 0) is 0 Å². The number of nitrogens with one attached hydrogen (secondary N) is 1. The molecule has 0 aliphatic rings. The fourth-order valence-electron chi connectivity index (χ4n) is 0.233. The van der Waals surface area contributed by atoms with E-state index in [0.717, 1.165) is 0 Å². The minimum absolute atomic E-state index is 0.0625. The topological polar surface area (TPSA) is 72.8 Å². The molecule has 3 heteroatoms. The molecule has 0 saturated heterocycles. The van der Waals surface area contributed by atoms with Crippen LogP contribution in [0.4, 0.5) is 0 Å². The minimum Gasteiger partial charge on any atom is -0.597 e. The van der Waals surface area contributed by atoms with E-state index in [1.54, 1.807) is 6.92 Å². The summed E-state index contributed by atoms with van der Waals surface area (Å²) in [5.74, 6) is 0.250. The van der Waals surface area contributed by atoms with Crippen molar-refractivity contribution in [3.8, 4) is 0 Å². The fraction of sp³-hybridized carbons (Fsp3) is 0.250. The van der Waals surface area contributed by atoms with Crippen molar-refractivity contribution in [1.29, 1.82) is 5.41 Å². The van der Waals surface area contributed by atoms with E-state index in [9.17, 15) is 0 Å². The first kappa shape index (κ1) is 6.01. The van der Waals surface area contributed by atoms with Crippen LogP contribution in [0.2, 0.25) is 0 Å². The molecular formula is C4H9N2O+. The molecule has 0 spiro atoms. The summed E-state index contributed by atoms with van der Waals surface area (Å²) in [6.45, 7) is 1.57. The standard InChI is InChI=1S/C4H8N2O/c1-3(7)2-4(5)6/h2,7H,1H3,(H3,5,6)/p+1/b3-2-.